The minimum Gasteiger partial charge on any atom is -0.277 e. The molecular formula is C15H24N2O3. The summed E-state index contributed by atoms with van der Waals surface area (Å²) in [5.41, 5.74) is -0.952. The van der Waals surface area contributed by atoms with E-state index in [0.717, 1.165) is 6.42 Å². The summed E-state index contributed by atoms with van der Waals surface area (Å²) < 4.78 is 0. The smallest absolute Gasteiger partial charge is 0.277 e. The van der Waals surface area contributed by atoms with Crippen molar-refractivity contribution in [3.8, 4) is 0 Å². The summed E-state index contributed by atoms with van der Waals surface area (Å²) >= 11 is 0. The Hall–Kier alpha value is -1.39. The Labute approximate surface area is 120 Å². The summed E-state index contributed by atoms with van der Waals surface area (Å²) in [6.45, 7) is 8.79. The Bertz CT molecular complexity index is 430. The highest BCUT2D eigenvalue weighted by molar-refractivity contribution is 6.19. The third-order valence-corrected chi connectivity index (χ3v) is 4.87. The minimum atomic E-state index is -0.952. The predicted molar refractivity (Wildman–Crippen MR) is 74.7 cm³/mol. The summed E-state index contributed by atoms with van der Waals surface area (Å²) in [4.78, 5) is 37.8. The molecular weight excluding hydrogens is 256 g/mol. The summed E-state index contributed by atoms with van der Waals surface area (Å²) in [5, 5.41) is 2.36. The molecule has 0 atom stereocenters. The fraction of sp³-hybridized carbons (Fsp3) is 0.800. The maximum absolute atomic E-state index is 12.6. The van der Waals surface area contributed by atoms with Crippen molar-refractivity contribution in [1.29, 1.82) is 0 Å². The molecule has 1 spiro atoms. The number of nitrogens with zero attached hydrogens (tertiary/aromatic N) is 1. The highest BCUT2D eigenvalue weighted by atomic mass is 16.2. The van der Waals surface area contributed by atoms with Crippen molar-refractivity contribution in [2.24, 2.45) is 23.2 Å². The third-order valence-electron chi connectivity index (χ3n) is 4.87. The first kappa shape index (κ1) is 15.0. The molecule has 4 amide bonds. The van der Waals surface area contributed by atoms with E-state index in [1.165, 1.54) is 4.90 Å². The molecule has 20 heavy (non-hydrogen) atoms. The molecule has 1 saturated heterocycles. The zero-order valence-electron chi connectivity index (χ0n) is 12.7. The van der Waals surface area contributed by atoms with Gasteiger partial charge in [0, 0.05) is 6.54 Å². The Balaban J connectivity index is 2.20. The first-order chi connectivity index (χ1) is 9.29. The third kappa shape index (κ3) is 2.23. The van der Waals surface area contributed by atoms with Crippen LogP contribution in [-0.2, 0) is 9.59 Å². The van der Waals surface area contributed by atoms with Gasteiger partial charge in [-0.05, 0) is 30.6 Å². The lowest BCUT2D eigenvalue weighted by Gasteiger charge is -2.45. The first-order valence-corrected chi connectivity index (χ1v) is 7.47. The topological polar surface area (TPSA) is 66.5 Å². The molecule has 1 heterocycles. The van der Waals surface area contributed by atoms with E-state index in [0.29, 0.717) is 31.2 Å². The molecule has 1 saturated carbocycles. The Morgan fingerprint density at radius 2 is 1.65 bits per heavy atom. The molecule has 2 fully saturated rings. The Morgan fingerprint density at radius 3 is 2.05 bits per heavy atom. The molecule has 1 aliphatic carbocycles. The molecule has 0 aromatic heterocycles. The number of urea groups is 1. The van der Waals surface area contributed by atoms with Crippen LogP contribution >= 0.6 is 0 Å². The summed E-state index contributed by atoms with van der Waals surface area (Å²) in [6.07, 6.45) is 2.00. The molecule has 0 aromatic carbocycles. The van der Waals surface area contributed by atoms with Gasteiger partial charge in [0.2, 0.25) is 11.8 Å². The largest absolute Gasteiger partial charge is 0.330 e. The number of hydrogen-bond donors (Lipinski definition) is 1. The van der Waals surface area contributed by atoms with Gasteiger partial charge in [-0.2, -0.15) is 0 Å². The molecule has 5 nitrogen and oxygen atoms in total. The number of nitrogens with one attached hydrogen (secondary N) is 1. The van der Waals surface area contributed by atoms with Crippen molar-refractivity contribution >= 4 is 17.8 Å². The summed E-state index contributed by atoms with van der Waals surface area (Å²) in [6, 6.07) is -0.552. The number of carbonyl (C=O) groups excluding carboxylic acids is 3. The van der Waals surface area contributed by atoms with E-state index in [4.69, 9.17) is 0 Å². The zero-order valence-corrected chi connectivity index (χ0v) is 12.7. The van der Waals surface area contributed by atoms with Crippen LogP contribution in [0.5, 0.6) is 0 Å². The van der Waals surface area contributed by atoms with E-state index in [9.17, 15) is 14.4 Å². The zero-order chi connectivity index (χ0) is 15.1. The van der Waals surface area contributed by atoms with Crippen LogP contribution in [-0.4, -0.2) is 29.3 Å². The first-order valence-electron chi connectivity index (χ1n) is 7.47. The van der Waals surface area contributed by atoms with Gasteiger partial charge in [0.25, 0.3) is 0 Å². The van der Waals surface area contributed by atoms with Crippen molar-refractivity contribution in [3.63, 3.8) is 0 Å². The van der Waals surface area contributed by atoms with Crippen LogP contribution in [0.25, 0.3) is 0 Å². The highest BCUT2D eigenvalue weighted by Crippen LogP contribution is 2.44. The van der Waals surface area contributed by atoms with Crippen molar-refractivity contribution in [3.05, 3.63) is 0 Å². The van der Waals surface area contributed by atoms with Crippen molar-refractivity contribution in [2.45, 2.75) is 47.0 Å². The molecule has 5 heteroatoms. The van der Waals surface area contributed by atoms with Gasteiger partial charge in [-0.1, -0.05) is 34.1 Å². The maximum atomic E-state index is 12.6. The Kier molecular flexibility index (Phi) is 3.89. The lowest BCUT2D eigenvalue weighted by Crippen LogP contribution is -2.66. The second-order valence-electron chi connectivity index (χ2n) is 6.76. The van der Waals surface area contributed by atoms with Gasteiger partial charge < -0.3 is 0 Å². The van der Waals surface area contributed by atoms with E-state index in [2.05, 4.69) is 33.0 Å². The minimum absolute atomic E-state index is 0.245. The van der Waals surface area contributed by atoms with E-state index >= 15 is 0 Å². The quantitative estimate of drug-likeness (QED) is 0.802. The molecule has 0 bridgehead atoms. The van der Waals surface area contributed by atoms with Gasteiger partial charge >= 0.3 is 6.03 Å². The number of hydrogen-bond acceptors (Lipinski definition) is 3. The molecule has 2 rings (SSSR count). The Morgan fingerprint density at radius 1 is 1.10 bits per heavy atom. The van der Waals surface area contributed by atoms with Gasteiger partial charge in [0.15, 0.2) is 0 Å². The second kappa shape index (κ2) is 5.19. The molecule has 0 radical (unpaired) electrons. The van der Waals surface area contributed by atoms with Crippen molar-refractivity contribution in [2.75, 3.05) is 6.54 Å². The molecule has 0 aromatic rings. The second-order valence-corrected chi connectivity index (χ2v) is 6.76. The SMILES string of the molecule is CC(C)C(CN1C(=O)NC(=O)C2(CCC2)C1=O)C(C)C. The number of rotatable bonds is 4. The van der Waals surface area contributed by atoms with Gasteiger partial charge in [-0.3, -0.25) is 19.8 Å². The van der Waals surface area contributed by atoms with E-state index in [1.54, 1.807) is 0 Å². The van der Waals surface area contributed by atoms with Crippen LogP contribution in [0.15, 0.2) is 0 Å². The van der Waals surface area contributed by atoms with Crippen LogP contribution in [0.3, 0.4) is 0 Å². The number of amides is 4. The maximum Gasteiger partial charge on any atom is 0.330 e. The summed E-state index contributed by atoms with van der Waals surface area (Å²) in [7, 11) is 0. The van der Waals surface area contributed by atoms with Crippen molar-refractivity contribution < 1.29 is 14.4 Å². The molecule has 1 N–H and O–H groups in total. The predicted octanol–water partition coefficient (Wildman–Crippen LogP) is 2.16. The average molecular weight is 280 g/mol. The molecule has 2 aliphatic rings. The normalized spacial score (nSPS) is 21.9. The van der Waals surface area contributed by atoms with E-state index in [-0.39, 0.29) is 11.8 Å². The van der Waals surface area contributed by atoms with Gasteiger partial charge in [-0.15, -0.1) is 0 Å². The monoisotopic (exact) mass is 280 g/mol. The number of carbonyl (C=O) groups is 3. The van der Waals surface area contributed by atoms with Crippen molar-refractivity contribution in [1.82, 2.24) is 10.2 Å². The fourth-order valence-corrected chi connectivity index (χ4v) is 3.27. The molecule has 1 aliphatic heterocycles. The van der Waals surface area contributed by atoms with Crippen LogP contribution in [0.1, 0.15) is 47.0 Å². The van der Waals surface area contributed by atoms with Crippen LogP contribution in [0, 0.1) is 23.2 Å². The van der Waals surface area contributed by atoms with Crippen LogP contribution < -0.4 is 5.32 Å². The average Bonchev–Trinajstić information content (AvgIpc) is 2.25. The lowest BCUT2D eigenvalue weighted by atomic mass is 9.66. The standard InChI is InChI=1S/C15H24N2O3/c1-9(2)11(10(3)4)8-17-13(19)15(6-5-7-15)12(18)16-14(17)20/h9-11H,5-8H2,1-4H3,(H,16,18,20). The van der Waals surface area contributed by atoms with Gasteiger partial charge in [0.05, 0.1) is 0 Å². The molecule has 0 unspecified atom stereocenters. The lowest BCUT2D eigenvalue weighted by molar-refractivity contribution is -0.158. The van der Waals surface area contributed by atoms with Gasteiger partial charge in [-0.25, -0.2) is 4.79 Å². The fourth-order valence-electron chi connectivity index (χ4n) is 3.27. The number of imide groups is 2. The van der Waals surface area contributed by atoms with Gasteiger partial charge in [0.1, 0.15) is 5.41 Å². The molecule has 112 valence electrons. The number of barbiturate groups is 1. The van der Waals surface area contributed by atoms with Crippen LogP contribution in [0.2, 0.25) is 0 Å². The van der Waals surface area contributed by atoms with E-state index in [1.807, 2.05) is 0 Å². The van der Waals surface area contributed by atoms with E-state index < -0.39 is 17.4 Å². The van der Waals surface area contributed by atoms with Crippen LogP contribution in [0.4, 0.5) is 4.79 Å². The summed E-state index contributed by atoms with van der Waals surface area (Å²) in [5.74, 6) is 0.315. The highest BCUT2D eigenvalue weighted by Gasteiger charge is 2.57.